The van der Waals surface area contributed by atoms with E-state index in [0.717, 1.165) is 26.3 Å². The van der Waals surface area contributed by atoms with E-state index in [9.17, 15) is 0 Å². The minimum Gasteiger partial charge on any atom is -0.376 e. The first-order valence-corrected chi connectivity index (χ1v) is 12.6. The summed E-state index contributed by atoms with van der Waals surface area (Å²) in [6, 6.07) is 11.0. The van der Waals surface area contributed by atoms with Crippen LogP contribution in [0.2, 0.25) is 19.6 Å². The molecule has 0 bridgehead atoms. The smallest absolute Gasteiger partial charge is 0.0784 e. The maximum Gasteiger partial charge on any atom is 0.0784 e. The zero-order valence-corrected chi connectivity index (χ0v) is 16.6. The van der Waals surface area contributed by atoms with Gasteiger partial charge in [-0.1, -0.05) is 69.0 Å². The second kappa shape index (κ2) is 8.27. The summed E-state index contributed by atoms with van der Waals surface area (Å²) in [6.45, 7) is 17.1. The van der Waals surface area contributed by atoms with Crippen molar-refractivity contribution < 1.29 is 4.74 Å². The largest absolute Gasteiger partial charge is 0.376 e. The lowest BCUT2D eigenvalue weighted by Crippen LogP contribution is -2.28. The molecule has 2 rings (SSSR count). The van der Waals surface area contributed by atoms with Crippen LogP contribution in [0.15, 0.2) is 35.9 Å². The molecule has 1 atom stereocenters. The predicted molar refractivity (Wildman–Crippen MR) is 103 cm³/mol. The highest BCUT2D eigenvalue weighted by Gasteiger charge is 2.31. The summed E-state index contributed by atoms with van der Waals surface area (Å²) in [5.41, 5.74) is 3.00. The summed E-state index contributed by atoms with van der Waals surface area (Å²) >= 11 is 0. The van der Waals surface area contributed by atoms with Gasteiger partial charge in [-0.15, -0.1) is 0 Å². The zero-order chi connectivity index (χ0) is 16.9. The molecule has 1 aromatic carbocycles. The Kier molecular flexibility index (Phi) is 6.63. The van der Waals surface area contributed by atoms with Gasteiger partial charge in [-0.3, -0.25) is 0 Å². The fourth-order valence-electron chi connectivity index (χ4n) is 3.65. The molecule has 1 aliphatic rings. The topological polar surface area (TPSA) is 12.5 Å². The molecule has 0 radical (unpaired) electrons. The molecule has 1 aliphatic heterocycles. The van der Waals surface area contributed by atoms with Crippen LogP contribution >= 0.6 is 0 Å². The average Bonchev–Trinajstić information content (AvgIpc) is 2.96. The molecule has 2 nitrogen and oxygen atoms in total. The van der Waals surface area contributed by atoms with Crippen LogP contribution in [-0.2, 0) is 4.74 Å². The summed E-state index contributed by atoms with van der Waals surface area (Å²) in [5.74, 6) is 0.595. The van der Waals surface area contributed by atoms with Gasteiger partial charge in [-0.05, 0) is 37.2 Å². The fourth-order valence-corrected chi connectivity index (χ4v) is 5.92. The second-order valence-corrected chi connectivity index (χ2v) is 12.5. The summed E-state index contributed by atoms with van der Waals surface area (Å²) in [6.07, 6.45) is 1.22. The van der Waals surface area contributed by atoms with Gasteiger partial charge in [-0.25, -0.2) is 0 Å². The van der Waals surface area contributed by atoms with Crippen LogP contribution in [0.3, 0.4) is 0 Å². The normalized spacial score (nSPS) is 21.0. The number of hydrogen-bond donors (Lipinski definition) is 0. The van der Waals surface area contributed by atoms with Crippen LogP contribution < -0.4 is 0 Å². The van der Waals surface area contributed by atoms with Gasteiger partial charge in [0.25, 0.3) is 0 Å². The van der Waals surface area contributed by atoms with E-state index in [1.165, 1.54) is 18.5 Å². The summed E-state index contributed by atoms with van der Waals surface area (Å²) < 4.78 is 5.91. The van der Waals surface area contributed by atoms with Crippen molar-refractivity contribution in [2.75, 3.05) is 32.8 Å². The van der Waals surface area contributed by atoms with Gasteiger partial charge in [0.1, 0.15) is 0 Å². The van der Waals surface area contributed by atoms with Crippen LogP contribution in [0.25, 0.3) is 5.20 Å². The molecule has 1 aromatic rings. The molecular weight excluding hydrogens is 298 g/mol. The second-order valence-electron chi connectivity index (χ2n) is 7.54. The molecule has 128 valence electrons. The number of rotatable bonds is 7. The summed E-state index contributed by atoms with van der Waals surface area (Å²) in [4.78, 5) is 2.52. The van der Waals surface area contributed by atoms with Gasteiger partial charge in [-0.2, -0.15) is 0 Å². The van der Waals surface area contributed by atoms with Crippen LogP contribution in [-0.4, -0.2) is 45.8 Å². The summed E-state index contributed by atoms with van der Waals surface area (Å²) in [5, 5.41) is 1.63. The highest BCUT2D eigenvalue weighted by molar-refractivity contribution is 6.93. The third-order valence-corrected chi connectivity index (χ3v) is 7.00. The van der Waals surface area contributed by atoms with Gasteiger partial charge in [0.15, 0.2) is 0 Å². The lowest BCUT2D eigenvalue weighted by Gasteiger charge is -2.27. The van der Waals surface area contributed by atoms with E-state index >= 15 is 0 Å². The molecule has 1 heterocycles. The molecule has 0 aliphatic carbocycles. The molecule has 0 amide bonds. The Balaban J connectivity index is 2.29. The van der Waals surface area contributed by atoms with E-state index in [4.69, 9.17) is 4.74 Å². The van der Waals surface area contributed by atoms with Crippen LogP contribution in [0.5, 0.6) is 0 Å². The monoisotopic (exact) mass is 331 g/mol. The quantitative estimate of drug-likeness (QED) is 0.672. The van der Waals surface area contributed by atoms with Crippen LogP contribution in [0.1, 0.15) is 25.8 Å². The molecule has 0 aromatic heterocycles. The zero-order valence-electron chi connectivity index (χ0n) is 15.6. The van der Waals surface area contributed by atoms with Crippen molar-refractivity contribution in [1.82, 2.24) is 4.90 Å². The van der Waals surface area contributed by atoms with Crippen LogP contribution in [0.4, 0.5) is 0 Å². The van der Waals surface area contributed by atoms with Crippen molar-refractivity contribution in [2.24, 2.45) is 5.92 Å². The van der Waals surface area contributed by atoms with Crippen molar-refractivity contribution in [1.29, 1.82) is 0 Å². The maximum atomic E-state index is 5.91. The number of hydrogen-bond acceptors (Lipinski definition) is 2. The van der Waals surface area contributed by atoms with Gasteiger partial charge >= 0.3 is 0 Å². The number of benzene rings is 1. The Labute approximate surface area is 143 Å². The Morgan fingerprint density at radius 3 is 2.35 bits per heavy atom. The molecule has 23 heavy (non-hydrogen) atoms. The van der Waals surface area contributed by atoms with Gasteiger partial charge in [0.2, 0.25) is 0 Å². The van der Waals surface area contributed by atoms with E-state index in [1.54, 1.807) is 10.8 Å². The number of ether oxygens (including phenoxy) is 1. The Morgan fingerprint density at radius 2 is 1.78 bits per heavy atom. The fraction of sp³-hybridized carbons (Fsp3) is 0.600. The van der Waals surface area contributed by atoms with E-state index < -0.39 is 8.07 Å². The van der Waals surface area contributed by atoms with Crippen molar-refractivity contribution in [2.45, 2.75) is 39.9 Å². The SMILES string of the molecule is CCN(CC)CCC1COC/C1=C(/c1ccccc1)[Si](C)(C)C. The average molecular weight is 332 g/mol. The van der Waals surface area contributed by atoms with E-state index in [2.05, 4.69) is 68.7 Å². The molecule has 0 N–H and O–H groups in total. The lowest BCUT2D eigenvalue weighted by atomic mass is 9.96. The molecular formula is C20H33NOSi. The first-order valence-electron chi connectivity index (χ1n) is 9.06. The first kappa shape index (κ1) is 18.4. The first-order chi connectivity index (χ1) is 11.0. The van der Waals surface area contributed by atoms with Crippen molar-refractivity contribution >= 4 is 13.3 Å². The van der Waals surface area contributed by atoms with E-state index in [0.29, 0.717) is 5.92 Å². The molecule has 3 heteroatoms. The maximum absolute atomic E-state index is 5.91. The van der Waals surface area contributed by atoms with E-state index in [-0.39, 0.29) is 0 Å². The molecule has 1 fully saturated rings. The lowest BCUT2D eigenvalue weighted by molar-refractivity contribution is 0.180. The minimum atomic E-state index is -1.42. The Hall–Kier alpha value is -0.903. The third-order valence-electron chi connectivity index (χ3n) is 4.89. The van der Waals surface area contributed by atoms with E-state index in [1.807, 2.05) is 0 Å². The molecule has 1 saturated heterocycles. The van der Waals surface area contributed by atoms with Crippen LogP contribution in [0, 0.1) is 5.92 Å². The van der Waals surface area contributed by atoms with Gasteiger partial charge in [0, 0.05) is 5.92 Å². The predicted octanol–water partition coefficient (Wildman–Crippen LogP) is 4.70. The van der Waals surface area contributed by atoms with Gasteiger partial charge in [0.05, 0.1) is 21.3 Å². The van der Waals surface area contributed by atoms with Crippen molar-refractivity contribution in [3.05, 3.63) is 41.5 Å². The molecule has 1 unspecified atom stereocenters. The highest BCUT2D eigenvalue weighted by Crippen LogP contribution is 2.36. The Bertz CT molecular complexity index is 514. The Morgan fingerprint density at radius 1 is 1.13 bits per heavy atom. The van der Waals surface area contributed by atoms with Crippen molar-refractivity contribution in [3.8, 4) is 0 Å². The molecule has 0 saturated carbocycles. The van der Waals surface area contributed by atoms with Crippen molar-refractivity contribution in [3.63, 3.8) is 0 Å². The van der Waals surface area contributed by atoms with Gasteiger partial charge < -0.3 is 9.64 Å². The third kappa shape index (κ3) is 4.79. The minimum absolute atomic E-state index is 0.595. The number of nitrogens with zero attached hydrogens (tertiary/aromatic N) is 1. The standard InChI is InChI=1S/C20H33NOSi/c1-6-21(7-2)14-13-18-15-22-16-19(18)20(23(3,4)5)17-11-9-8-10-12-17/h8-12,18H,6-7,13-16H2,1-5H3/b20-19+. The summed E-state index contributed by atoms with van der Waals surface area (Å²) in [7, 11) is -1.42. The highest BCUT2D eigenvalue weighted by atomic mass is 28.3. The molecule has 0 spiro atoms.